The summed E-state index contributed by atoms with van der Waals surface area (Å²) in [4.78, 5) is 13.4. The normalized spacial score (nSPS) is 19.1. The molecule has 0 aromatic heterocycles. The Morgan fingerprint density at radius 1 is 1.40 bits per heavy atom. The van der Waals surface area contributed by atoms with Crippen LogP contribution in [0.25, 0.3) is 0 Å². The second-order valence-electron chi connectivity index (χ2n) is 5.12. The van der Waals surface area contributed by atoms with Crippen LogP contribution in [0, 0.1) is 5.41 Å². The lowest BCUT2D eigenvalue weighted by atomic mass is 9.89. The molecule has 0 aromatic carbocycles. The van der Waals surface area contributed by atoms with E-state index >= 15 is 0 Å². The summed E-state index contributed by atoms with van der Waals surface area (Å²) in [6.07, 6.45) is 1.38. The Kier molecular flexibility index (Phi) is 3.97. The maximum Gasteiger partial charge on any atom is 0.410 e. The van der Waals surface area contributed by atoms with E-state index in [-0.39, 0.29) is 18.1 Å². The summed E-state index contributed by atoms with van der Waals surface area (Å²) in [5, 5.41) is 9.16. The van der Waals surface area contributed by atoms with Crippen LogP contribution in [0.1, 0.15) is 33.6 Å². The van der Waals surface area contributed by atoms with Crippen molar-refractivity contribution in [1.82, 2.24) is 4.90 Å². The van der Waals surface area contributed by atoms with Gasteiger partial charge in [0.05, 0.1) is 6.61 Å². The average molecular weight is 215 g/mol. The minimum absolute atomic E-state index is 0.122. The predicted molar refractivity (Wildman–Crippen MR) is 57.6 cm³/mol. The van der Waals surface area contributed by atoms with Crippen molar-refractivity contribution in [3.8, 4) is 0 Å². The molecule has 1 aliphatic heterocycles. The van der Waals surface area contributed by atoms with Gasteiger partial charge < -0.3 is 14.7 Å². The molecule has 88 valence electrons. The Balaban J connectivity index is 2.47. The van der Waals surface area contributed by atoms with Crippen LogP contribution in [0.3, 0.4) is 0 Å². The van der Waals surface area contributed by atoms with E-state index in [9.17, 15) is 4.79 Å². The van der Waals surface area contributed by atoms with Crippen LogP contribution >= 0.6 is 0 Å². The molecule has 4 heteroatoms. The van der Waals surface area contributed by atoms with Gasteiger partial charge in [-0.15, -0.1) is 0 Å². The quantitative estimate of drug-likeness (QED) is 0.761. The Hall–Kier alpha value is -0.770. The largest absolute Gasteiger partial charge is 0.443 e. The van der Waals surface area contributed by atoms with E-state index in [1.807, 2.05) is 20.8 Å². The van der Waals surface area contributed by atoms with E-state index in [2.05, 4.69) is 0 Å². The molecule has 0 radical (unpaired) electrons. The Labute approximate surface area is 91.2 Å². The highest BCUT2D eigenvalue weighted by Gasteiger charge is 2.30. The Morgan fingerprint density at radius 2 is 1.93 bits per heavy atom. The predicted octanol–water partition coefficient (Wildman–Crippen LogP) is 1.63. The fraction of sp³-hybridized carbons (Fsp3) is 0.909. The summed E-state index contributed by atoms with van der Waals surface area (Å²) in [5.41, 5.74) is -0.218. The van der Waals surface area contributed by atoms with Gasteiger partial charge in [-0.05, 0) is 12.8 Å². The first-order valence-corrected chi connectivity index (χ1v) is 5.51. The SMILES string of the molecule is CC(C)(C)[C@@H](CO)OC(=O)N1CCCC1. The molecule has 0 unspecified atom stereocenters. The van der Waals surface area contributed by atoms with E-state index in [0.717, 1.165) is 25.9 Å². The summed E-state index contributed by atoms with van der Waals surface area (Å²) in [5.74, 6) is 0. The number of carbonyl (C=O) groups is 1. The van der Waals surface area contributed by atoms with Gasteiger partial charge >= 0.3 is 6.09 Å². The molecule has 0 bridgehead atoms. The zero-order valence-corrected chi connectivity index (χ0v) is 9.82. The van der Waals surface area contributed by atoms with Crippen molar-refractivity contribution in [2.75, 3.05) is 19.7 Å². The monoisotopic (exact) mass is 215 g/mol. The van der Waals surface area contributed by atoms with Crippen LogP contribution in [-0.4, -0.2) is 41.9 Å². The molecule has 1 N–H and O–H groups in total. The van der Waals surface area contributed by atoms with Crippen LogP contribution in [-0.2, 0) is 4.74 Å². The average Bonchev–Trinajstić information content (AvgIpc) is 2.64. The topological polar surface area (TPSA) is 49.8 Å². The van der Waals surface area contributed by atoms with Gasteiger partial charge in [-0.3, -0.25) is 0 Å². The molecule has 1 heterocycles. The minimum atomic E-state index is -0.425. The summed E-state index contributed by atoms with van der Waals surface area (Å²) in [7, 11) is 0. The third-order valence-electron chi connectivity index (χ3n) is 2.74. The number of hydrogen-bond acceptors (Lipinski definition) is 3. The molecule has 1 aliphatic rings. The third kappa shape index (κ3) is 3.38. The smallest absolute Gasteiger partial charge is 0.410 e. The number of aliphatic hydroxyl groups is 1. The number of amides is 1. The van der Waals surface area contributed by atoms with E-state index in [1.54, 1.807) is 4.90 Å². The zero-order valence-electron chi connectivity index (χ0n) is 9.82. The molecule has 1 amide bonds. The van der Waals surface area contributed by atoms with Crippen molar-refractivity contribution in [3.05, 3.63) is 0 Å². The van der Waals surface area contributed by atoms with Gasteiger partial charge in [0.2, 0.25) is 0 Å². The van der Waals surface area contributed by atoms with Gasteiger partial charge in [-0.1, -0.05) is 20.8 Å². The second kappa shape index (κ2) is 4.84. The number of hydrogen-bond donors (Lipinski definition) is 1. The van der Waals surface area contributed by atoms with Crippen molar-refractivity contribution in [2.24, 2.45) is 5.41 Å². The summed E-state index contributed by atoms with van der Waals surface area (Å²) < 4.78 is 5.28. The Bertz CT molecular complexity index is 216. The number of nitrogens with zero attached hydrogens (tertiary/aromatic N) is 1. The highest BCUT2D eigenvalue weighted by atomic mass is 16.6. The molecule has 1 saturated heterocycles. The lowest BCUT2D eigenvalue weighted by Gasteiger charge is -2.30. The van der Waals surface area contributed by atoms with Crippen LogP contribution < -0.4 is 0 Å². The molecule has 0 aromatic rings. The highest BCUT2D eigenvalue weighted by molar-refractivity contribution is 5.68. The van der Waals surface area contributed by atoms with Crippen molar-refractivity contribution in [2.45, 2.75) is 39.7 Å². The van der Waals surface area contributed by atoms with Crippen molar-refractivity contribution in [3.63, 3.8) is 0 Å². The first kappa shape index (κ1) is 12.3. The summed E-state index contributed by atoms with van der Waals surface area (Å²) >= 11 is 0. The number of aliphatic hydroxyl groups excluding tert-OH is 1. The van der Waals surface area contributed by atoms with Crippen LogP contribution in [0.15, 0.2) is 0 Å². The van der Waals surface area contributed by atoms with Gasteiger partial charge in [0.1, 0.15) is 6.10 Å². The van der Waals surface area contributed by atoms with Crippen LogP contribution in [0.4, 0.5) is 4.79 Å². The fourth-order valence-electron chi connectivity index (χ4n) is 1.58. The lowest BCUT2D eigenvalue weighted by molar-refractivity contribution is -0.0181. The van der Waals surface area contributed by atoms with E-state index in [4.69, 9.17) is 9.84 Å². The first-order valence-electron chi connectivity index (χ1n) is 5.51. The van der Waals surface area contributed by atoms with Crippen LogP contribution in [0.5, 0.6) is 0 Å². The maximum absolute atomic E-state index is 11.7. The number of ether oxygens (including phenoxy) is 1. The Morgan fingerprint density at radius 3 is 2.33 bits per heavy atom. The molecular formula is C11H21NO3. The van der Waals surface area contributed by atoms with E-state index in [1.165, 1.54) is 0 Å². The molecule has 15 heavy (non-hydrogen) atoms. The standard InChI is InChI=1S/C11H21NO3/c1-11(2,3)9(8-13)15-10(14)12-6-4-5-7-12/h9,13H,4-8H2,1-3H3/t9-/m1/s1. The van der Waals surface area contributed by atoms with Gasteiger partial charge in [-0.25, -0.2) is 4.79 Å². The minimum Gasteiger partial charge on any atom is -0.443 e. The lowest BCUT2D eigenvalue weighted by Crippen LogP contribution is -2.39. The first-order chi connectivity index (χ1) is 6.95. The molecule has 0 spiro atoms. The summed E-state index contributed by atoms with van der Waals surface area (Å²) in [6, 6.07) is 0. The molecule has 1 rings (SSSR count). The highest BCUT2D eigenvalue weighted by Crippen LogP contribution is 2.23. The number of rotatable bonds is 2. The zero-order chi connectivity index (χ0) is 11.5. The fourth-order valence-corrected chi connectivity index (χ4v) is 1.58. The molecule has 4 nitrogen and oxygen atoms in total. The van der Waals surface area contributed by atoms with Crippen LogP contribution in [0.2, 0.25) is 0 Å². The van der Waals surface area contributed by atoms with Gasteiger partial charge in [0.15, 0.2) is 0 Å². The van der Waals surface area contributed by atoms with Gasteiger partial charge in [-0.2, -0.15) is 0 Å². The van der Waals surface area contributed by atoms with E-state index in [0.29, 0.717) is 0 Å². The molecule has 1 atom stereocenters. The van der Waals surface area contributed by atoms with Gasteiger partial charge in [0.25, 0.3) is 0 Å². The maximum atomic E-state index is 11.7. The second-order valence-corrected chi connectivity index (χ2v) is 5.12. The van der Waals surface area contributed by atoms with E-state index < -0.39 is 6.10 Å². The van der Waals surface area contributed by atoms with Crippen molar-refractivity contribution < 1.29 is 14.6 Å². The summed E-state index contributed by atoms with van der Waals surface area (Å²) in [6.45, 7) is 7.28. The van der Waals surface area contributed by atoms with Crippen molar-refractivity contribution >= 4 is 6.09 Å². The molecular weight excluding hydrogens is 194 g/mol. The third-order valence-corrected chi connectivity index (χ3v) is 2.74. The molecule has 1 fully saturated rings. The van der Waals surface area contributed by atoms with Crippen molar-refractivity contribution in [1.29, 1.82) is 0 Å². The number of likely N-dealkylation sites (tertiary alicyclic amines) is 1. The molecule has 0 aliphatic carbocycles. The number of carbonyl (C=O) groups excluding carboxylic acids is 1. The van der Waals surface area contributed by atoms with Gasteiger partial charge in [0, 0.05) is 18.5 Å². The molecule has 0 saturated carbocycles.